The zero-order valence-electron chi connectivity index (χ0n) is 13.6. The van der Waals surface area contributed by atoms with E-state index in [0.717, 1.165) is 5.56 Å². The Morgan fingerprint density at radius 1 is 1.20 bits per heavy atom. The molecule has 2 unspecified atom stereocenters. The van der Waals surface area contributed by atoms with E-state index in [1.165, 1.54) is 12.1 Å². The number of benzene rings is 1. The smallest absolute Gasteiger partial charge is 0.337 e. The first-order valence-electron chi connectivity index (χ1n) is 7.70. The summed E-state index contributed by atoms with van der Waals surface area (Å²) < 4.78 is 4.84. The number of amides is 1. The Kier molecular flexibility index (Phi) is 6.85. The number of carbonyl (C=O) groups is 2. The van der Waals surface area contributed by atoms with Crippen molar-refractivity contribution >= 4 is 23.5 Å². The van der Waals surface area contributed by atoms with Crippen molar-refractivity contribution in [3.63, 3.8) is 0 Å². The molecule has 2 atom stereocenters. The maximum atomic E-state index is 12.3. The van der Waals surface area contributed by atoms with E-state index in [9.17, 15) is 14.7 Å². The van der Waals surface area contributed by atoms with Crippen LogP contribution in [0.5, 0.6) is 0 Å². The average Bonchev–Trinajstić information content (AvgIpc) is 2.62. The number of halogens is 1. The number of carbonyl (C=O) groups excluding carboxylic acids is 2. The van der Waals surface area contributed by atoms with Crippen LogP contribution < -0.4 is 5.32 Å². The molecule has 25 heavy (non-hydrogen) atoms. The Balaban J connectivity index is 2.16. The van der Waals surface area contributed by atoms with Crippen LogP contribution in [-0.2, 0) is 16.0 Å². The quantitative estimate of drug-likeness (QED) is 0.721. The number of hydrogen-bond acceptors (Lipinski definition) is 6. The lowest BCUT2D eigenvalue weighted by Gasteiger charge is -2.22. The Hall–Kier alpha value is -2.51. The molecule has 1 aromatic heterocycles. The van der Waals surface area contributed by atoms with Crippen LogP contribution in [0.2, 0.25) is 5.15 Å². The number of hydrogen-bond donors (Lipinski definition) is 2. The Morgan fingerprint density at radius 3 is 2.52 bits per heavy atom. The summed E-state index contributed by atoms with van der Waals surface area (Å²) in [4.78, 5) is 24.2. The first-order chi connectivity index (χ1) is 12.0. The van der Waals surface area contributed by atoms with Gasteiger partial charge in [-0.15, -0.1) is 10.2 Å². The molecule has 2 N–H and O–H groups in total. The van der Waals surface area contributed by atoms with Crippen LogP contribution in [-0.4, -0.2) is 45.9 Å². The van der Waals surface area contributed by atoms with Gasteiger partial charge in [0.05, 0.1) is 12.6 Å². The van der Waals surface area contributed by atoms with Crippen molar-refractivity contribution in [2.75, 3.05) is 6.61 Å². The monoisotopic (exact) mass is 363 g/mol. The Labute approximate surface area is 150 Å². The molecule has 8 heteroatoms. The van der Waals surface area contributed by atoms with Crippen LogP contribution in [0.3, 0.4) is 0 Å². The van der Waals surface area contributed by atoms with Crippen LogP contribution in [0.1, 0.15) is 23.0 Å². The van der Waals surface area contributed by atoms with Gasteiger partial charge in [0, 0.05) is 0 Å². The van der Waals surface area contributed by atoms with Gasteiger partial charge in [-0.3, -0.25) is 4.79 Å². The summed E-state index contributed by atoms with van der Waals surface area (Å²) in [5, 5.41) is 20.3. The molecular weight excluding hydrogens is 346 g/mol. The summed E-state index contributed by atoms with van der Waals surface area (Å²) in [7, 11) is 0. The van der Waals surface area contributed by atoms with Gasteiger partial charge in [0.1, 0.15) is 0 Å². The Morgan fingerprint density at radius 2 is 1.92 bits per heavy atom. The Bertz CT molecular complexity index is 710. The number of ether oxygens (including phenoxy) is 1. The van der Waals surface area contributed by atoms with Gasteiger partial charge in [0.25, 0.3) is 5.91 Å². The normalized spacial score (nSPS) is 12.9. The lowest BCUT2D eigenvalue weighted by molar-refractivity contribution is -0.154. The van der Waals surface area contributed by atoms with Gasteiger partial charge >= 0.3 is 5.97 Å². The third-order valence-electron chi connectivity index (χ3n) is 3.39. The van der Waals surface area contributed by atoms with Gasteiger partial charge in [0.15, 0.2) is 17.0 Å². The van der Waals surface area contributed by atoms with Crippen molar-refractivity contribution in [1.82, 2.24) is 15.5 Å². The molecule has 0 saturated carbocycles. The molecule has 1 heterocycles. The molecule has 0 saturated heterocycles. The molecule has 7 nitrogen and oxygen atoms in total. The topological polar surface area (TPSA) is 101 Å². The molecule has 2 rings (SSSR count). The van der Waals surface area contributed by atoms with Crippen LogP contribution in [0.15, 0.2) is 42.5 Å². The van der Waals surface area contributed by atoms with Gasteiger partial charge < -0.3 is 15.2 Å². The highest BCUT2D eigenvalue weighted by Crippen LogP contribution is 2.09. The second kappa shape index (κ2) is 9.10. The van der Waals surface area contributed by atoms with Gasteiger partial charge in [-0.25, -0.2) is 4.79 Å². The van der Waals surface area contributed by atoms with Gasteiger partial charge in [0.2, 0.25) is 0 Å². The van der Waals surface area contributed by atoms with Crippen molar-refractivity contribution in [2.24, 2.45) is 0 Å². The van der Waals surface area contributed by atoms with Gasteiger partial charge in [-0.2, -0.15) is 0 Å². The lowest BCUT2D eigenvalue weighted by atomic mass is 10.0. The van der Waals surface area contributed by atoms with E-state index in [-0.39, 0.29) is 23.9 Å². The van der Waals surface area contributed by atoms with Crippen molar-refractivity contribution in [3.8, 4) is 0 Å². The maximum Gasteiger partial charge on any atom is 0.337 e. The fourth-order valence-corrected chi connectivity index (χ4v) is 2.28. The molecule has 0 aliphatic rings. The molecule has 1 amide bonds. The third-order valence-corrected chi connectivity index (χ3v) is 3.59. The number of esters is 1. The predicted molar refractivity (Wildman–Crippen MR) is 91.1 cm³/mol. The number of nitrogens with one attached hydrogen (secondary N) is 1. The van der Waals surface area contributed by atoms with Crippen molar-refractivity contribution < 1.29 is 19.4 Å². The molecule has 0 fully saturated rings. The van der Waals surface area contributed by atoms with Crippen molar-refractivity contribution in [2.45, 2.75) is 25.5 Å². The van der Waals surface area contributed by atoms with Crippen LogP contribution >= 0.6 is 11.6 Å². The molecule has 0 bridgehead atoms. The molecule has 0 spiro atoms. The lowest BCUT2D eigenvalue weighted by Crippen LogP contribution is -2.49. The minimum absolute atomic E-state index is 0.0264. The second-order valence-corrected chi connectivity index (χ2v) is 5.60. The SMILES string of the molecule is CCOC(=O)C(O)C(Cc1ccccc1)NC(=O)c1ccc(Cl)nn1. The van der Waals surface area contributed by atoms with E-state index in [1.807, 2.05) is 30.3 Å². The van der Waals surface area contributed by atoms with E-state index in [1.54, 1.807) is 6.92 Å². The molecule has 0 radical (unpaired) electrons. The number of rotatable bonds is 7. The predicted octanol–water partition coefficient (Wildman–Crippen LogP) is 1.40. The van der Waals surface area contributed by atoms with Crippen LogP contribution in [0.25, 0.3) is 0 Å². The number of nitrogens with zero attached hydrogens (tertiary/aromatic N) is 2. The maximum absolute atomic E-state index is 12.3. The van der Waals surface area contributed by atoms with Crippen molar-refractivity contribution in [1.29, 1.82) is 0 Å². The summed E-state index contributed by atoms with van der Waals surface area (Å²) in [6, 6.07) is 11.1. The van der Waals surface area contributed by atoms with E-state index in [0.29, 0.717) is 0 Å². The second-order valence-electron chi connectivity index (χ2n) is 5.21. The first-order valence-corrected chi connectivity index (χ1v) is 8.07. The molecular formula is C17H18ClN3O4. The summed E-state index contributed by atoms with van der Waals surface area (Å²) >= 11 is 5.65. The van der Waals surface area contributed by atoms with E-state index in [2.05, 4.69) is 15.5 Å². The van der Waals surface area contributed by atoms with E-state index in [4.69, 9.17) is 16.3 Å². The first kappa shape index (κ1) is 18.8. The summed E-state index contributed by atoms with van der Waals surface area (Å²) in [5.41, 5.74) is 0.872. The van der Waals surface area contributed by atoms with E-state index < -0.39 is 24.0 Å². The summed E-state index contributed by atoms with van der Waals surface area (Å²) in [6.45, 7) is 1.77. The van der Waals surface area contributed by atoms with Gasteiger partial charge in [-0.05, 0) is 31.0 Å². The molecule has 132 valence electrons. The highest BCUT2D eigenvalue weighted by Gasteiger charge is 2.29. The fourth-order valence-electron chi connectivity index (χ4n) is 2.18. The minimum atomic E-state index is -1.51. The van der Waals surface area contributed by atoms with Gasteiger partial charge in [-0.1, -0.05) is 41.9 Å². The molecule has 2 aromatic rings. The standard InChI is InChI=1S/C17H18ClN3O4/c1-2-25-17(24)15(22)13(10-11-6-4-3-5-7-11)19-16(23)12-8-9-14(18)21-20-12/h3-9,13,15,22H,2,10H2,1H3,(H,19,23). The fraction of sp³-hybridized carbons (Fsp3) is 0.294. The molecule has 1 aromatic carbocycles. The largest absolute Gasteiger partial charge is 0.464 e. The zero-order valence-corrected chi connectivity index (χ0v) is 14.3. The number of aliphatic hydroxyl groups is 1. The highest BCUT2D eigenvalue weighted by molar-refractivity contribution is 6.29. The minimum Gasteiger partial charge on any atom is -0.464 e. The zero-order chi connectivity index (χ0) is 18.2. The molecule has 0 aliphatic carbocycles. The summed E-state index contributed by atoms with van der Waals surface area (Å²) in [5.74, 6) is -1.38. The third kappa shape index (κ3) is 5.51. The number of aliphatic hydroxyl groups excluding tert-OH is 1. The van der Waals surface area contributed by atoms with Crippen LogP contribution in [0, 0.1) is 0 Å². The van der Waals surface area contributed by atoms with Crippen LogP contribution in [0.4, 0.5) is 0 Å². The molecule has 0 aliphatic heterocycles. The number of aromatic nitrogens is 2. The average molecular weight is 364 g/mol. The highest BCUT2D eigenvalue weighted by atomic mass is 35.5. The summed E-state index contributed by atoms with van der Waals surface area (Å²) in [6.07, 6.45) is -1.27. The van der Waals surface area contributed by atoms with E-state index >= 15 is 0 Å². The van der Waals surface area contributed by atoms with Crippen molar-refractivity contribution in [3.05, 3.63) is 58.9 Å².